The third kappa shape index (κ3) is 4.73. The first-order valence-electron chi connectivity index (χ1n) is 7.48. The van der Waals surface area contributed by atoms with Crippen LogP contribution in [0.3, 0.4) is 0 Å². The van der Waals surface area contributed by atoms with Crippen LogP contribution in [0.4, 0.5) is 5.69 Å². The van der Waals surface area contributed by atoms with E-state index < -0.39 is 0 Å². The van der Waals surface area contributed by atoms with Crippen molar-refractivity contribution < 1.29 is 14.3 Å². The number of hydrogen-bond donors (Lipinski definition) is 2. The Bertz CT molecular complexity index is 747. The summed E-state index contributed by atoms with van der Waals surface area (Å²) < 4.78 is 5.22. The van der Waals surface area contributed by atoms with Crippen LogP contribution >= 0.6 is 11.6 Å². The number of amides is 2. The summed E-state index contributed by atoms with van der Waals surface area (Å²) in [6.45, 7) is 2.14. The monoisotopic (exact) mass is 346 g/mol. The molecular weight excluding hydrogens is 328 g/mol. The van der Waals surface area contributed by atoms with Gasteiger partial charge in [0.05, 0.1) is 23.4 Å². The van der Waals surface area contributed by atoms with Gasteiger partial charge in [0.1, 0.15) is 5.75 Å². The van der Waals surface area contributed by atoms with E-state index in [2.05, 4.69) is 10.6 Å². The van der Waals surface area contributed by atoms with Crippen LogP contribution in [0.2, 0.25) is 5.02 Å². The van der Waals surface area contributed by atoms with Gasteiger partial charge in [0.25, 0.3) is 5.91 Å². The Labute approximate surface area is 146 Å². The van der Waals surface area contributed by atoms with Crippen molar-refractivity contribution in [3.05, 3.63) is 58.6 Å². The molecule has 0 aromatic heterocycles. The first-order valence-corrected chi connectivity index (χ1v) is 7.86. The van der Waals surface area contributed by atoms with Gasteiger partial charge in [-0.3, -0.25) is 9.59 Å². The lowest BCUT2D eigenvalue weighted by Crippen LogP contribution is -2.27. The molecule has 0 radical (unpaired) electrons. The van der Waals surface area contributed by atoms with Crippen LogP contribution in [0.1, 0.15) is 22.3 Å². The highest BCUT2D eigenvalue weighted by atomic mass is 35.5. The van der Waals surface area contributed by atoms with E-state index in [-0.39, 0.29) is 24.8 Å². The predicted molar refractivity (Wildman–Crippen MR) is 94.8 cm³/mol. The number of benzene rings is 2. The highest BCUT2D eigenvalue weighted by Crippen LogP contribution is 2.25. The van der Waals surface area contributed by atoms with Gasteiger partial charge in [0, 0.05) is 13.0 Å². The van der Waals surface area contributed by atoms with E-state index in [0.717, 1.165) is 5.56 Å². The molecule has 6 heteroatoms. The van der Waals surface area contributed by atoms with Gasteiger partial charge < -0.3 is 15.4 Å². The number of rotatable bonds is 6. The minimum atomic E-state index is -0.304. The van der Waals surface area contributed by atoms with Gasteiger partial charge in [0.15, 0.2) is 0 Å². The van der Waals surface area contributed by atoms with E-state index in [1.165, 1.54) is 0 Å². The Kier molecular flexibility index (Phi) is 6.21. The molecule has 2 rings (SSSR count). The minimum Gasteiger partial charge on any atom is -0.495 e. The summed E-state index contributed by atoms with van der Waals surface area (Å²) in [4.78, 5) is 24.0. The molecule has 0 heterocycles. The van der Waals surface area contributed by atoms with Crippen molar-refractivity contribution in [3.63, 3.8) is 0 Å². The van der Waals surface area contributed by atoms with Crippen molar-refractivity contribution >= 4 is 29.1 Å². The summed E-state index contributed by atoms with van der Waals surface area (Å²) in [7, 11) is 1.55. The number of carbonyl (C=O) groups is 2. The van der Waals surface area contributed by atoms with Crippen LogP contribution < -0.4 is 15.4 Å². The maximum Gasteiger partial charge on any atom is 0.252 e. The number of nitrogens with one attached hydrogen (secondary N) is 2. The van der Waals surface area contributed by atoms with Crippen LogP contribution in [-0.2, 0) is 4.79 Å². The number of anilines is 1. The summed E-state index contributed by atoms with van der Waals surface area (Å²) in [6.07, 6.45) is 0.146. The van der Waals surface area contributed by atoms with Crippen molar-refractivity contribution in [1.29, 1.82) is 0 Å². The van der Waals surface area contributed by atoms with E-state index in [0.29, 0.717) is 22.0 Å². The lowest BCUT2D eigenvalue weighted by molar-refractivity contribution is -0.116. The Balaban J connectivity index is 1.87. The number of methoxy groups -OCH3 is 1. The summed E-state index contributed by atoms with van der Waals surface area (Å²) in [6, 6.07) is 12.3. The van der Waals surface area contributed by atoms with E-state index in [9.17, 15) is 9.59 Å². The molecule has 2 aromatic rings. The second-order valence-corrected chi connectivity index (χ2v) is 5.64. The molecule has 24 heavy (non-hydrogen) atoms. The van der Waals surface area contributed by atoms with Crippen LogP contribution in [0.5, 0.6) is 5.75 Å². The van der Waals surface area contributed by atoms with Gasteiger partial charge in [-0.05, 0) is 36.8 Å². The predicted octanol–water partition coefficient (Wildman–Crippen LogP) is 3.42. The molecule has 0 atom stereocenters. The summed E-state index contributed by atoms with van der Waals surface area (Å²) in [5.74, 6) is 0.0777. The molecule has 0 aliphatic carbocycles. The second-order valence-electron chi connectivity index (χ2n) is 5.24. The number of ether oxygens (including phenoxy) is 1. The van der Waals surface area contributed by atoms with Gasteiger partial charge in [-0.1, -0.05) is 29.8 Å². The van der Waals surface area contributed by atoms with Crippen molar-refractivity contribution in [2.75, 3.05) is 19.0 Å². The summed E-state index contributed by atoms with van der Waals surface area (Å²) >= 11 is 5.96. The zero-order chi connectivity index (χ0) is 17.5. The summed E-state index contributed by atoms with van der Waals surface area (Å²) in [5.41, 5.74) is 2.01. The Morgan fingerprint density at radius 3 is 2.62 bits per heavy atom. The van der Waals surface area contributed by atoms with Crippen LogP contribution in [0, 0.1) is 6.92 Å². The Morgan fingerprint density at radius 1 is 1.17 bits per heavy atom. The molecule has 0 aliphatic heterocycles. The topological polar surface area (TPSA) is 67.4 Å². The molecule has 0 spiro atoms. The largest absolute Gasteiger partial charge is 0.495 e. The average molecular weight is 347 g/mol. The van der Waals surface area contributed by atoms with Crippen molar-refractivity contribution in [2.45, 2.75) is 13.3 Å². The smallest absolute Gasteiger partial charge is 0.252 e. The Morgan fingerprint density at radius 2 is 1.92 bits per heavy atom. The highest BCUT2D eigenvalue weighted by molar-refractivity contribution is 6.33. The van der Waals surface area contributed by atoms with Crippen LogP contribution in [0.15, 0.2) is 42.5 Å². The molecule has 2 amide bonds. The first kappa shape index (κ1) is 17.8. The zero-order valence-electron chi connectivity index (χ0n) is 13.6. The lowest BCUT2D eigenvalue weighted by Gasteiger charge is -2.11. The van der Waals surface area contributed by atoms with Gasteiger partial charge in [0.2, 0.25) is 5.91 Å². The maximum atomic E-state index is 12.0. The first-order chi connectivity index (χ1) is 11.5. The van der Waals surface area contributed by atoms with Gasteiger partial charge in [-0.15, -0.1) is 0 Å². The normalized spacial score (nSPS) is 10.1. The molecule has 0 bridgehead atoms. The third-order valence-corrected chi connectivity index (χ3v) is 3.71. The third-order valence-electron chi connectivity index (χ3n) is 3.39. The number of aryl methyl sites for hydroxylation is 1. The van der Waals surface area contributed by atoms with Gasteiger partial charge in [-0.2, -0.15) is 0 Å². The van der Waals surface area contributed by atoms with Crippen molar-refractivity contribution in [2.24, 2.45) is 0 Å². The van der Waals surface area contributed by atoms with Crippen molar-refractivity contribution in [3.8, 4) is 5.75 Å². The molecule has 126 valence electrons. The fourth-order valence-electron chi connectivity index (χ4n) is 2.16. The summed E-state index contributed by atoms with van der Waals surface area (Å²) in [5, 5.41) is 5.85. The van der Waals surface area contributed by atoms with E-state index in [1.54, 1.807) is 37.4 Å². The molecule has 5 nitrogen and oxygen atoms in total. The zero-order valence-corrected chi connectivity index (χ0v) is 14.3. The molecule has 0 fully saturated rings. The molecule has 0 saturated carbocycles. The fourth-order valence-corrected chi connectivity index (χ4v) is 2.38. The average Bonchev–Trinajstić information content (AvgIpc) is 2.55. The van der Waals surface area contributed by atoms with E-state index in [4.69, 9.17) is 16.3 Å². The standard InChI is InChI=1S/C18H19ClN2O3/c1-12-7-8-16(24-2)15(11-12)21-17(22)9-10-20-18(23)13-5-3-4-6-14(13)19/h3-8,11H,9-10H2,1-2H3,(H,20,23)(H,21,22). The van der Waals surface area contributed by atoms with Gasteiger partial charge >= 0.3 is 0 Å². The Hall–Kier alpha value is -2.53. The fraction of sp³-hybridized carbons (Fsp3) is 0.222. The number of carbonyl (C=O) groups excluding carboxylic acids is 2. The second kappa shape index (κ2) is 8.36. The van der Waals surface area contributed by atoms with Gasteiger partial charge in [-0.25, -0.2) is 0 Å². The number of hydrogen-bond acceptors (Lipinski definition) is 3. The molecule has 2 aromatic carbocycles. The van der Waals surface area contributed by atoms with Crippen molar-refractivity contribution in [1.82, 2.24) is 5.32 Å². The van der Waals surface area contributed by atoms with Crippen LogP contribution in [0.25, 0.3) is 0 Å². The highest BCUT2D eigenvalue weighted by Gasteiger charge is 2.11. The molecule has 2 N–H and O–H groups in total. The van der Waals surface area contributed by atoms with E-state index >= 15 is 0 Å². The SMILES string of the molecule is COc1ccc(C)cc1NC(=O)CCNC(=O)c1ccccc1Cl. The molecular formula is C18H19ClN2O3. The quantitative estimate of drug-likeness (QED) is 0.842. The van der Waals surface area contributed by atoms with E-state index in [1.807, 2.05) is 19.1 Å². The molecule has 0 aliphatic rings. The molecule has 0 unspecified atom stereocenters. The number of halogens is 1. The van der Waals surface area contributed by atoms with Crippen LogP contribution in [-0.4, -0.2) is 25.5 Å². The lowest BCUT2D eigenvalue weighted by atomic mass is 10.2. The minimum absolute atomic E-state index is 0.146. The maximum absolute atomic E-state index is 12.0. The molecule has 0 saturated heterocycles.